The highest BCUT2D eigenvalue weighted by atomic mass is 19.2. The Bertz CT molecular complexity index is 430. The highest BCUT2D eigenvalue weighted by Gasteiger charge is 2.13. The smallest absolute Gasteiger partial charge is 0.336 e. The molecule has 0 spiro atoms. The summed E-state index contributed by atoms with van der Waals surface area (Å²) in [5, 5.41) is 8.79. The van der Waals surface area contributed by atoms with Crippen molar-refractivity contribution in [2.75, 3.05) is 6.54 Å². The van der Waals surface area contributed by atoms with E-state index in [9.17, 15) is 13.6 Å². The van der Waals surface area contributed by atoms with Crippen LogP contribution in [0, 0.1) is 11.6 Å². The maximum atomic E-state index is 12.9. The van der Waals surface area contributed by atoms with E-state index in [1.807, 2.05) is 0 Å². The van der Waals surface area contributed by atoms with E-state index in [2.05, 4.69) is 0 Å². The molecule has 0 bridgehead atoms. The second kappa shape index (κ2) is 5.37. The summed E-state index contributed by atoms with van der Waals surface area (Å²) >= 11 is 0. The van der Waals surface area contributed by atoms with E-state index in [-0.39, 0.29) is 11.1 Å². The predicted molar refractivity (Wildman–Crippen MR) is 56.0 cm³/mol. The second-order valence-electron chi connectivity index (χ2n) is 3.14. The SMILES string of the molecule is NCCC=Cc1cc(F)c(F)cc1C(=O)O. The largest absolute Gasteiger partial charge is 0.478 e. The molecule has 0 aliphatic carbocycles. The monoisotopic (exact) mass is 227 g/mol. The third-order valence-electron chi connectivity index (χ3n) is 1.95. The van der Waals surface area contributed by atoms with Crippen molar-refractivity contribution in [3.05, 3.63) is 41.0 Å². The van der Waals surface area contributed by atoms with Gasteiger partial charge in [-0.15, -0.1) is 0 Å². The summed E-state index contributed by atoms with van der Waals surface area (Å²) in [6, 6.07) is 1.52. The highest BCUT2D eigenvalue weighted by Crippen LogP contribution is 2.16. The number of hydrogen-bond acceptors (Lipinski definition) is 2. The third-order valence-corrected chi connectivity index (χ3v) is 1.95. The van der Waals surface area contributed by atoms with Crippen LogP contribution in [0.2, 0.25) is 0 Å². The van der Waals surface area contributed by atoms with Crippen molar-refractivity contribution < 1.29 is 18.7 Å². The van der Waals surface area contributed by atoms with Gasteiger partial charge in [-0.05, 0) is 30.7 Å². The summed E-state index contributed by atoms with van der Waals surface area (Å²) < 4.78 is 25.7. The summed E-state index contributed by atoms with van der Waals surface area (Å²) in [5.74, 6) is -3.54. The molecule has 0 saturated carbocycles. The van der Waals surface area contributed by atoms with E-state index in [1.165, 1.54) is 6.08 Å². The molecule has 0 aliphatic rings. The van der Waals surface area contributed by atoms with Crippen molar-refractivity contribution >= 4 is 12.0 Å². The number of carbonyl (C=O) groups is 1. The second-order valence-corrected chi connectivity index (χ2v) is 3.14. The van der Waals surface area contributed by atoms with Gasteiger partial charge >= 0.3 is 5.97 Å². The maximum absolute atomic E-state index is 12.9. The van der Waals surface area contributed by atoms with E-state index < -0.39 is 17.6 Å². The minimum Gasteiger partial charge on any atom is -0.478 e. The molecule has 86 valence electrons. The lowest BCUT2D eigenvalue weighted by Crippen LogP contribution is -2.02. The molecule has 1 aromatic carbocycles. The number of rotatable bonds is 4. The molecule has 0 amide bonds. The van der Waals surface area contributed by atoms with Gasteiger partial charge in [-0.3, -0.25) is 0 Å². The van der Waals surface area contributed by atoms with Crippen LogP contribution >= 0.6 is 0 Å². The molecule has 1 rings (SSSR count). The van der Waals surface area contributed by atoms with Gasteiger partial charge in [0.25, 0.3) is 0 Å². The molecule has 3 nitrogen and oxygen atoms in total. The van der Waals surface area contributed by atoms with E-state index in [4.69, 9.17) is 10.8 Å². The minimum absolute atomic E-state index is 0.125. The Morgan fingerprint density at radius 2 is 2.00 bits per heavy atom. The Morgan fingerprint density at radius 3 is 2.56 bits per heavy atom. The van der Waals surface area contributed by atoms with Crippen LogP contribution in [-0.4, -0.2) is 17.6 Å². The first kappa shape index (κ1) is 12.3. The normalized spacial score (nSPS) is 10.9. The highest BCUT2D eigenvalue weighted by molar-refractivity contribution is 5.92. The van der Waals surface area contributed by atoms with Gasteiger partial charge < -0.3 is 10.8 Å². The van der Waals surface area contributed by atoms with Gasteiger partial charge in [0.05, 0.1) is 5.56 Å². The maximum Gasteiger partial charge on any atom is 0.336 e. The van der Waals surface area contributed by atoms with Crippen LogP contribution in [0.1, 0.15) is 22.3 Å². The molecule has 0 saturated heterocycles. The fourth-order valence-corrected chi connectivity index (χ4v) is 1.19. The predicted octanol–water partition coefficient (Wildman–Crippen LogP) is 2.03. The number of nitrogens with two attached hydrogens (primary N) is 1. The summed E-state index contributed by atoms with van der Waals surface area (Å²) in [7, 11) is 0. The van der Waals surface area contributed by atoms with Crippen LogP contribution < -0.4 is 5.73 Å². The molecule has 0 unspecified atom stereocenters. The zero-order valence-corrected chi connectivity index (χ0v) is 8.41. The molecular formula is C11H11F2NO2. The molecule has 16 heavy (non-hydrogen) atoms. The number of hydrogen-bond donors (Lipinski definition) is 2. The van der Waals surface area contributed by atoms with Crippen LogP contribution in [0.15, 0.2) is 18.2 Å². The van der Waals surface area contributed by atoms with Crippen molar-refractivity contribution in [2.24, 2.45) is 5.73 Å². The summed E-state index contributed by atoms with van der Waals surface area (Å²) in [4.78, 5) is 10.8. The molecule has 1 aromatic rings. The Kier molecular flexibility index (Phi) is 4.13. The topological polar surface area (TPSA) is 63.3 Å². The van der Waals surface area contributed by atoms with E-state index in [0.717, 1.165) is 6.07 Å². The van der Waals surface area contributed by atoms with Crippen molar-refractivity contribution in [1.29, 1.82) is 0 Å². The molecule has 0 radical (unpaired) electrons. The Balaban J connectivity index is 3.14. The number of carboxylic acids is 1. The molecule has 0 heterocycles. The summed E-state index contributed by atoms with van der Waals surface area (Å²) in [5.41, 5.74) is 5.10. The molecular weight excluding hydrogens is 216 g/mol. The molecule has 3 N–H and O–H groups in total. The van der Waals surface area contributed by atoms with Gasteiger partial charge in [0, 0.05) is 0 Å². The molecule has 0 aliphatic heterocycles. The molecule has 5 heteroatoms. The first-order chi connectivity index (χ1) is 7.56. The van der Waals surface area contributed by atoms with Crippen LogP contribution in [0.3, 0.4) is 0 Å². The summed E-state index contributed by atoms with van der Waals surface area (Å²) in [6.07, 6.45) is 3.57. The summed E-state index contributed by atoms with van der Waals surface area (Å²) in [6.45, 7) is 0.405. The van der Waals surface area contributed by atoms with E-state index in [0.29, 0.717) is 19.0 Å². The van der Waals surface area contributed by atoms with E-state index >= 15 is 0 Å². The Labute approximate surface area is 91.2 Å². The van der Waals surface area contributed by atoms with Crippen LogP contribution in [0.4, 0.5) is 8.78 Å². The Morgan fingerprint density at radius 1 is 1.38 bits per heavy atom. The van der Waals surface area contributed by atoms with Crippen LogP contribution in [-0.2, 0) is 0 Å². The van der Waals surface area contributed by atoms with Gasteiger partial charge in [-0.2, -0.15) is 0 Å². The average molecular weight is 227 g/mol. The lowest BCUT2D eigenvalue weighted by molar-refractivity contribution is 0.0696. The fraction of sp³-hybridized carbons (Fsp3) is 0.182. The van der Waals surface area contributed by atoms with Gasteiger partial charge in [-0.1, -0.05) is 12.2 Å². The quantitative estimate of drug-likeness (QED) is 0.827. The van der Waals surface area contributed by atoms with Crippen molar-refractivity contribution in [3.8, 4) is 0 Å². The molecule has 0 atom stereocenters. The van der Waals surface area contributed by atoms with Crippen molar-refractivity contribution in [1.82, 2.24) is 0 Å². The van der Waals surface area contributed by atoms with Crippen LogP contribution in [0.25, 0.3) is 6.08 Å². The molecule has 0 aromatic heterocycles. The standard InChI is InChI=1S/C11H11F2NO2/c12-9-5-7(3-1-2-4-14)8(11(15)16)6-10(9)13/h1,3,5-6H,2,4,14H2,(H,15,16). The lowest BCUT2D eigenvalue weighted by atomic mass is 10.1. The number of benzene rings is 1. The van der Waals surface area contributed by atoms with Gasteiger partial charge in [-0.25, -0.2) is 13.6 Å². The van der Waals surface area contributed by atoms with Gasteiger partial charge in [0.2, 0.25) is 0 Å². The third kappa shape index (κ3) is 2.87. The first-order valence-corrected chi connectivity index (χ1v) is 4.65. The number of carboxylic acid groups (broad SMARTS) is 1. The van der Waals surface area contributed by atoms with Crippen molar-refractivity contribution in [2.45, 2.75) is 6.42 Å². The van der Waals surface area contributed by atoms with Gasteiger partial charge in [0.15, 0.2) is 11.6 Å². The number of aromatic carboxylic acids is 1. The first-order valence-electron chi connectivity index (χ1n) is 4.65. The van der Waals surface area contributed by atoms with Gasteiger partial charge in [0.1, 0.15) is 0 Å². The van der Waals surface area contributed by atoms with Crippen LogP contribution in [0.5, 0.6) is 0 Å². The number of halogens is 2. The van der Waals surface area contributed by atoms with Crippen molar-refractivity contribution in [3.63, 3.8) is 0 Å². The zero-order chi connectivity index (χ0) is 12.1. The van der Waals surface area contributed by atoms with E-state index in [1.54, 1.807) is 6.08 Å². The fourth-order valence-electron chi connectivity index (χ4n) is 1.19. The molecule has 0 fully saturated rings. The lowest BCUT2D eigenvalue weighted by Gasteiger charge is -2.02. The Hall–Kier alpha value is -1.75. The minimum atomic E-state index is -1.30. The average Bonchev–Trinajstić information content (AvgIpc) is 2.23. The zero-order valence-electron chi connectivity index (χ0n) is 8.41.